The molecule has 100 valence electrons. The molecule has 0 atom stereocenters. The molecule has 0 saturated carbocycles. The van der Waals surface area contributed by atoms with Gasteiger partial charge < -0.3 is 10.2 Å². The van der Waals surface area contributed by atoms with Crippen LogP contribution in [0.25, 0.3) is 0 Å². The van der Waals surface area contributed by atoms with E-state index in [-0.39, 0.29) is 23.9 Å². The molecule has 1 rings (SSSR count). The van der Waals surface area contributed by atoms with Crippen molar-refractivity contribution < 1.29 is 9.59 Å². The topological polar surface area (TPSA) is 49.4 Å². The summed E-state index contributed by atoms with van der Waals surface area (Å²) in [5.74, 6) is -0.226. The van der Waals surface area contributed by atoms with Crippen molar-refractivity contribution in [2.45, 2.75) is 33.2 Å². The third-order valence-corrected chi connectivity index (χ3v) is 2.97. The fourth-order valence-corrected chi connectivity index (χ4v) is 2.16. The summed E-state index contributed by atoms with van der Waals surface area (Å²) in [6, 6.07) is 1.78. The van der Waals surface area contributed by atoms with Gasteiger partial charge in [-0.05, 0) is 39.1 Å². The van der Waals surface area contributed by atoms with Crippen LogP contribution in [0.3, 0.4) is 0 Å². The minimum absolute atomic E-state index is 0.0946. The largest absolute Gasteiger partial charge is 0.350 e. The van der Waals surface area contributed by atoms with Crippen molar-refractivity contribution in [2.24, 2.45) is 0 Å². The predicted octanol–water partition coefficient (Wildman–Crippen LogP) is 2.12. The highest BCUT2D eigenvalue weighted by Gasteiger charge is 2.20. The number of carbonyl (C=O) groups excluding carboxylic acids is 2. The molecule has 1 N–H and O–H groups in total. The number of nitrogens with one attached hydrogen (secondary N) is 1. The van der Waals surface area contributed by atoms with Gasteiger partial charge in [0.2, 0.25) is 5.91 Å². The minimum Gasteiger partial charge on any atom is -0.350 e. The smallest absolute Gasteiger partial charge is 0.255 e. The Morgan fingerprint density at radius 2 is 2.06 bits per heavy atom. The molecule has 18 heavy (non-hydrogen) atoms. The highest BCUT2D eigenvalue weighted by atomic mass is 32.1. The second kappa shape index (κ2) is 6.00. The van der Waals surface area contributed by atoms with E-state index >= 15 is 0 Å². The van der Waals surface area contributed by atoms with Gasteiger partial charge in [0, 0.05) is 17.5 Å². The van der Waals surface area contributed by atoms with Gasteiger partial charge in [-0.2, -0.15) is 11.3 Å². The van der Waals surface area contributed by atoms with Crippen molar-refractivity contribution in [3.8, 4) is 0 Å². The van der Waals surface area contributed by atoms with E-state index < -0.39 is 0 Å². The van der Waals surface area contributed by atoms with Crippen LogP contribution < -0.4 is 5.32 Å². The first-order valence-electron chi connectivity index (χ1n) is 5.96. The molecule has 0 saturated heterocycles. The molecule has 1 aromatic rings. The molecule has 0 aliphatic rings. The van der Waals surface area contributed by atoms with Crippen LogP contribution in [0.2, 0.25) is 0 Å². The average molecular weight is 268 g/mol. The van der Waals surface area contributed by atoms with Gasteiger partial charge in [0.15, 0.2) is 0 Å². The lowest BCUT2D eigenvalue weighted by Crippen LogP contribution is -2.47. The van der Waals surface area contributed by atoms with Crippen LogP contribution in [0.5, 0.6) is 0 Å². The summed E-state index contributed by atoms with van der Waals surface area (Å²) in [7, 11) is 0. The average Bonchev–Trinajstić information content (AvgIpc) is 2.75. The van der Waals surface area contributed by atoms with Gasteiger partial charge in [-0.3, -0.25) is 9.59 Å². The Hall–Kier alpha value is -1.36. The molecule has 0 radical (unpaired) electrons. The van der Waals surface area contributed by atoms with Crippen LogP contribution >= 0.6 is 11.3 Å². The molecule has 1 heterocycles. The normalized spacial score (nSPS) is 11.1. The van der Waals surface area contributed by atoms with Crippen LogP contribution in [0.4, 0.5) is 0 Å². The Morgan fingerprint density at radius 1 is 1.39 bits per heavy atom. The molecule has 0 aliphatic carbocycles. The third-order valence-electron chi connectivity index (χ3n) is 2.29. The number of thiophene rings is 1. The molecule has 5 heteroatoms. The summed E-state index contributed by atoms with van der Waals surface area (Å²) in [5, 5.41) is 6.51. The summed E-state index contributed by atoms with van der Waals surface area (Å²) in [6.45, 7) is 8.25. The molecule has 4 nitrogen and oxygen atoms in total. The maximum Gasteiger partial charge on any atom is 0.255 e. The molecular weight excluding hydrogens is 248 g/mol. The maximum absolute atomic E-state index is 12.1. The molecule has 2 amide bonds. The summed E-state index contributed by atoms with van der Waals surface area (Å²) < 4.78 is 0. The SMILES string of the molecule is CCN(CC(=O)NC(C)(C)C)C(=O)c1ccsc1. The fourth-order valence-electron chi connectivity index (χ4n) is 1.53. The maximum atomic E-state index is 12.1. The zero-order valence-electron chi connectivity index (χ0n) is 11.3. The van der Waals surface area contributed by atoms with E-state index in [0.717, 1.165) is 0 Å². The van der Waals surface area contributed by atoms with E-state index in [1.807, 2.05) is 33.1 Å². The molecule has 0 bridgehead atoms. The first-order chi connectivity index (χ1) is 8.33. The van der Waals surface area contributed by atoms with E-state index in [1.54, 1.807) is 16.3 Å². The molecule has 1 aromatic heterocycles. The standard InChI is InChI=1S/C13H20N2O2S/c1-5-15(8-11(16)14-13(2,3)4)12(17)10-6-7-18-9-10/h6-7,9H,5,8H2,1-4H3,(H,14,16). The first-order valence-corrected chi connectivity index (χ1v) is 6.90. The number of hydrogen-bond donors (Lipinski definition) is 1. The highest BCUT2D eigenvalue weighted by Crippen LogP contribution is 2.09. The van der Waals surface area contributed by atoms with Gasteiger partial charge in [0.25, 0.3) is 5.91 Å². The number of rotatable bonds is 4. The molecule has 0 spiro atoms. The Morgan fingerprint density at radius 3 is 2.50 bits per heavy atom. The quantitative estimate of drug-likeness (QED) is 0.909. The number of amides is 2. The van der Waals surface area contributed by atoms with Gasteiger partial charge in [-0.25, -0.2) is 0 Å². The van der Waals surface area contributed by atoms with Gasteiger partial charge in [-0.15, -0.1) is 0 Å². The van der Waals surface area contributed by atoms with Crippen LogP contribution in [0.1, 0.15) is 38.1 Å². The van der Waals surface area contributed by atoms with E-state index in [1.165, 1.54) is 11.3 Å². The lowest BCUT2D eigenvalue weighted by Gasteiger charge is -2.24. The van der Waals surface area contributed by atoms with Crippen LogP contribution in [-0.4, -0.2) is 35.3 Å². The van der Waals surface area contributed by atoms with Crippen molar-refractivity contribution in [3.63, 3.8) is 0 Å². The summed E-state index contributed by atoms with van der Waals surface area (Å²) in [6.07, 6.45) is 0. The zero-order valence-corrected chi connectivity index (χ0v) is 12.1. The lowest BCUT2D eigenvalue weighted by atomic mass is 10.1. The molecule has 0 aliphatic heterocycles. The van der Waals surface area contributed by atoms with E-state index in [0.29, 0.717) is 12.1 Å². The van der Waals surface area contributed by atoms with E-state index in [4.69, 9.17) is 0 Å². The molecule has 0 aromatic carbocycles. The molecule has 0 unspecified atom stereocenters. The van der Waals surface area contributed by atoms with Crippen LogP contribution in [0.15, 0.2) is 16.8 Å². The minimum atomic E-state index is -0.276. The van der Waals surface area contributed by atoms with E-state index in [9.17, 15) is 9.59 Å². The lowest BCUT2D eigenvalue weighted by molar-refractivity contribution is -0.123. The number of hydrogen-bond acceptors (Lipinski definition) is 3. The van der Waals surface area contributed by atoms with Crippen molar-refractivity contribution in [3.05, 3.63) is 22.4 Å². The summed E-state index contributed by atoms with van der Waals surface area (Å²) in [5.41, 5.74) is 0.368. The Bertz CT molecular complexity index is 407. The van der Waals surface area contributed by atoms with Crippen molar-refractivity contribution in [1.29, 1.82) is 0 Å². The molecule has 0 fully saturated rings. The number of nitrogens with zero attached hydrogens (tertiary/aromatic N) is 1. The Kier molecular flexibility index (Phi) is 4.90. The Balaban J connectivity index is 2.63. The monoisotopic (exact) mass is 268 g/mol. The molecular formula is C13H20N2O2S. The van der Waals surface area contributed by atoms with Gasteiger partial charge in [-0.1, -0.05) is 0 Å². The zero-order chi connectivity index (χ0) is 13.8. The van der Waals surface area contributed by atoms with Crippen molar-refractivity contribution in [1.82, 2.24) is 10.2 Å². The number of carbonyl (C=O) groups is 2. The first kappa shape index (κ1) is 14.7. The Labute approximate surface area is 112 Å². The van der Waals surface area contributed by atoms with Gasteiger partial charge >= 0.3 is 0 Å². The number of likely N-dealkylation sites (N-methyl/N-ethyl adjacent to an activating group) is 1. The summed E-state index contributed by atoms with van der Waals surface area (Å²) >= 11 is 1.48. The van der Waals surface area contributed by atoms with Gasteiger partial charge in [0.05, 0.1) is 12.1 Å². The van der Waals surface area contributed by atoms with Crippen LogP contribution in [-0.2, 0) is 4.79 Å². The third kappa shape index (κ3) is 4.49. The van der Waals surface area contributed by atoms with Gasteiger partial charge in [0.1, 0.15) is 0 Å². The van der Waals surface area contributed by atoms with E-state index in [2.05, 4.69) is 5.32 Å². The predicted molar refractivity (Wildman–Crippen MR) is 73.8 cm³/mol. The highest BCUT2D eigenvalue weighted by molar-refractivity contribution is 7.08. The second-order valence-electron chi connectivity index (χ2n) is 5.13. The van der Waals surface area contributed by atoms with Crippen molar-refractivity contribution in [2.75, 3.05) is 13.1 Å². The second-order valence-corrected chi connectivity index (χ2v) is 5.91. The van der Waals surface area contributed by atoms with Crippen LogP contribution in [0, 0.1) is 0 Å². The van der Waals surface area contributed by atoms with Crippen molar-refractivity contribution >= 4 is 23.2 Å². The summed E-state index contributed by atoms with van der Waals surface area (Å²) in [4.78, 5) is 25.4. The fraction of sp³-hybridized carbons (Fsp3) is 0.538.